The standard InChI is InChI=1S/C21H29N3O3/c1-4-5-8-24-20(26)17-7-6-16(13-18(17)21(24)27)19(25)23-11-9-22(10-12-23)14-15(2)3/h6-7,13,15H,4-5,8-12,14H2,1-3H3. The van der Waals surface area contributed by atoms with E-state index in [2.05, 4.69) is 18.7 Å². The van der Waals surface area contributed by atoms with E-state index in [-0.39, 0.29) is 17.7 Å². The summed E-state index contributed by atoms with van der Waals surface area (Å²) in [6, 6.07) is 4.91. The van der Waals surface area contributed by atoms with Gasteiger partial charge in [-0.25, -0.2) is 0 Å². The maximum absolute atomic E-state index is 12.9. The molecule has 6 heteroatoms. The van der Waals surface area contributed by atoms with Crippen molar-refractivity contribution in [1.29, 1.82) is 0 Å². The molecule has 0 atom stereocenters. The number of imide groups is 1. The number of nitrogens with zero attached hydrogens (tertiary/aromatic N) is 3. The molecular weight excluding hydrogens is 342 g/mol. The number of fused-ring (bicyclic) bond motifs is 1. The van der Waals surface area contributed by atoms with Gasteiger partial charge < -0.3 is 4.90 Å². The summed E-state index contributed by atoms with van der Waals surface area (Å²) in [5.41, 5.74) is 1.26. The van der Waals surface area contributed by atoms with Gasteiger partial charge in [-0.1, -0.05) is 27.2 Å². The van der Waals surface area contributed by atoms with E-state index in [4.69, 9.17) is 0 Å². The van der Waals surface area contributed by atoms with Crippen LogP contribution in [0.2, 0.25) is 0 Å². The van der Waals surface area contributed by atoms with Gasteiger partial charge in [0.05, 0.1) is 11.1 Å². The van der Waals surface area contributed by atoms with Crippen LogP contribution in [-0.4, -0.2) is 71.7 Å². The zero-order valence-electron chi connectivity index (χ0n) is 16.5. The van der Waals surface area contributed by atoms with Crippen molar-refractivity contribution in [2.24, 2.45) is 5.92 Å². The second-order valence-electron chi connectivity index (χ2n) is 7.86. The molecule has 0 radical (unpaired) electrons. The fourth-order valence-corrected chi connectivity index (χ4v) is 3.78. The highest BCUT2D eigenvalue weighted by Gasteiger charge is 2.36. The number of rotatable bonds is 6. The van der Waals surface area contributed by atoms with Crippen molar-refractivity contribution >= 4 is 17.7 Å². The molecule has 2 heterocycles. The van der Waals surface area contributed by atoms with Crippen LogP contribution in [0.4, 0.5) is 0 Å². The lowest BCUT2D eigenvalue weighted by Crippen LogP contribution is -2.49. The number of carbonyl (C=O) groups is 3. The lowest BCUT2D eigenvalue weighted by molar-refractivity contribution is 0.0622. The van der Waals surface area contributed by atoms with Gasteiger partial charge in [0, 0.05) is 44.8 Å². The van der Waals surface area contributed by atoms with Gasteiger partial charge in [0.1, 0.15) is 0 Å². The first-order chi connectivity index (χ1) is 12.9. The lowest BCUT2D eigenvalue weighted by atomic mass is 10.0. The Balaban J connectivity index is 1.70. The van der Waals surface area contributed by atoms with Crippen molar-refractivity contribution in [3.8, 4) is 0 Å². The van der Waals surface area contributed by atoms with E-state index in [1.807, 2.05) is 11.8 Å². The maximum Gasteiger partial charge on any atom is 0.261 e. The minimum atomic E-state index is -0.278. The highest BCUT2D eigenvalue weighted by molar-refractivity contribution is 6.22. The molecule has 3 rings (SSSR count). The SMILES string of the molecule is CCCCN1C(=O)c2ccc(C(=O)N3CCN(CC(C)C)CC3)cc2C1=O. The van der Waals surface area contributed by atoms with Crippen LogP contribution in [0.25, 0.3) is 0 Å². The third kappa shape index (κ3) is 4.05. The summed E-state index contributed by atoms with van der Waals surface area (Å²) in [6.45, 7) is 11.0. The fraction of sp³-hybridized carbons (Fsp3) is 0.571. The molecule has 0 aliphatic carbocycles. The first kappa shape index (κ1) is 19.5. The first-order valence-corrected chi connectivity index (χ1v) is 9.94. The molecule has 0 N–H and O–H groups in total. The number of hydrogen-bond donors (Lipinski definition) is 0. The van der Waals surface area contributed by atoms with Crippen molar-refractivity contribution in [3.05, 3.63) is 34.9 Å². The summed E-state index contributed by atoms with van der Waals surface area (Å²) in [7, 11) is 0. The van der Waals surface area contributed by atoms with Crippen molar-refractivity contribution in [1.82, 2.24) is 14.7 Å². The van der Waals surface area contributed by atoms with E-state index in [1.54, 1.807) is 18.2 Å². The number of benzene rings is 1. The zero-order chi connectivity index (χ0) is 19.6. The summed E-state index contributed by atoms with van der Waals surface area (Å²) in [5.74, 6) is 0.0296. The Morgan fingerprint density at radius 1 is 1.04 bits per heavy atom. The van der Waals surface area contributed by atoms with Crippen LogP contribution >= 0.6 is 0 Å². The third-order valence-electron chi connectivity index (χ3n) is 5.24. The quantitative estimate of drug-likeness (QED) is 0.721. The predicted molar refractivity (Wildman–Crippen MR) is 104 cm³/mol. The van der Waals surface area contributed by atoms with Crippen LogP contribution < -0.4 is 0 Å². The van der Waals surface area contributed by atoms with Crippen molar-refractivity contribution in [2.75, 3.05) is 39.3 Å². The molecule has 1 saturated heterocycles. The van der Waals surface area contributed by atoms with E-state index >= 15 is 0 Å². The van der Waals surface area contributed by atoms with Gasteiger partial charge in [-0.15, -0.1) is 0 Å². The van der Waals surface area contributed by atoms with Crippen LogP contribution in [0.3, 0.4) is 0 Å². The molecule has 3 amide bonds. The van der Waals surface area contributed by atoms with Gasteiger partial charge in [0.15, 0.2) is 0 Å². The Bertz CT molecular complexity index is 736. The average molecular weight is 371 g/mol. The molecule has 146 valence electrons. The minimum Gasteiger partial charge on any atom is -0.336 e. The third-order valence-corrected chi connectivity index (χ3v) is 5.24. The number of carbonyl (C=O) groups excluding carboxylic acids is 3. The molecule has 0 unspecified atom stereocenters. The molecule has 1 aromatic carbocycles. The summed E-state index contributed by atoms with van der Waals surface area (Å²) in [6.07, 6.45) is 1.71. The first-order valence-electron chi connectivity index (χ1n) is 9.94. The van der Waals surface area contributed by atoms with Gasteiger partial charge in [0.2, 0.25) is 0 Å². The highest BCUT2D eigenvalue weighted by atomic mass is 16.2. The Kier molecular flexibility index (Phi) is 5.95. The van der Waals surface area contributed by atoms with Gasteiger partial charge in [0.25, 0.3) is 17.7 Å². The smallest absolute Gasteiger partial charge is 0.261 e. The normalized spacial score (nSPS) is 17.8. The van der Waals surface area contributed by atoms with Crippen LogP contribution in [0.15, 0.2) is 18.2 Å². The Hall–Kier alpha value is -2.21. The largest absolute Gasteiger partial charge is 0.336 e. The number of amides is 3. The predicted octanol–water partition coefficient (Wildman–Crippen LogP) is 2.50. The van der Waals surface area contributed by atoms with Crippen molar-refractivity contribution in [3.63, 3.8) is 0 Å². The van der Waals surface area contributed by atoms with E-state index in [0.29, 0.717) is 42.2 Å². The van der Waals surface area contributed by atoms with Gasteiger partial charge in [-0.2, -0.15) is 0 Å². The Labute approximate surface area is 161 Å². The van der Waals surface area contributed by atoms with E-state index in [1.165, 1.54) is 4.90 Å². The zero-order valence-corrected chi connectivity index (χ0v) is 16.5. The summed E-state index contributed by atoms with van der Waals surface area (Å²) in [5, 5.41) is 0. The average Bonchev–Trinajstić information content (AvgIpc) is 2.89. The molecule has 27 heavy (non-hydrogen) atoms. The van der Waals surface area contributed by atoms with Crippen molar-refractivity contribution in [2.45, 2.75) is 33.6 Å². The molecule has 2 aliphatic heterocycles. The maximum atomic E-state index is 12.9. The molecule has 2 aliphatic rings. The summed E-state index contributed by atoms with van der Waals surface area (Å²) >= 11 is 0. The van der Waals surface area contributed by atoms with E-state index in [0.717, 1.165) is 32.5 Å². The van der Waals surface area contributed by atoms with Crippen LogP contribution in [0.1, 0.15) is 64.7 Å². The van der Waals surface area contributed by atoms with Gasteiger partial charge >= 0.3 is 0 Å². The molecule has 1 fully saturated rings. The summed E-state index contributed by atoms with van der Waals surface area (Å²) < 4.78 is 0. The van der Waals surface area contributed by atoms with Crippen molar-refractivity contribution < 1.29 is 14.4 Å². The van der Waals surface area contributed by atoms with Crippen LogP contribution in [-0.2, 0) is 0 Å². The monoisotopic (exact) mass is 371 g/mol. The Morgan fingerprint density at radius 3 is 2.33 bits per heavy atom. The number of unbranched alkanes of at least 4 members (excludes halogenated alkanes) is 1. The number of piperazine rings is 1. The topological polar surface area (TPSA) is 60.9 Å². The van der Waals surface area contributed by atoms with E-state index in [9.17, 15) is 14.4 Å². The van der Waals surface area contributed by atoms with Gasteiger partial charge in [-0.05, 0) is 30.5 Å². The van der Waals surface area contributed by atoms with Crippen LogP contribution in [0, 0.1) is 5.92 Å². The Morgan fingerprint density at radius 2 is 1.70 bits per heavy atom. The van der Waals surface area contributed by atoms with E-state index < -0.39 is 0 Å². The molecule has 0 bridgehead atoms. The second-order valence-corrected chi connectivity index (χ2v) is 7.86. The molecule has 0 aromatic heterocycles. The lowest BCUT2D eigenvalue weighted by Gasteiger charge is -2.35. The molecule has 0 saturated carbocycles. The molecule has 6 nitrogen and oxygen atoms in total. The molecule has 0 spiro atoms. The molecular formula is C21H29N3O3. The summed E-state index contributed by atoms with van der Waals surface area (Å²) in [4.78, 5) is 43.4. The molecule has 1 aromatic rings. The fourth-order valence-electron chi connectivity index (χ4n) is 3.78. The highest BCUT2D eigenvalue weighted by Crippen LogP contribution is 2.25. The van der Waals surface area contributed by atoms with Crippen LogP contribution in [0.5, 0.6) is 0 Å². The second kappa shape index (κ2) is 8.21. The number of hydrogen-bond acceptors (Lipinski definition) is 4. The minimum absolute atomic E-state index is 0.0609. The van der Waals surface area contributed by atoms with Gasteiger partial charge in [-0.3, -0.25) is 24.2 Å².